The maximum absolute atomic E-state index is 10.6. The maximum Gasteiger partial charge on any atom is 0.309 e. The summed E-state index contributed by atoms with van der Waals surface area (Å²) in [5.41, 5.74) is 0.534. The molecule has 1 atom stereocenters. The number of aliphatic hydroxyl groups excluding tert-OH is 1. The van der Waals surface area contributed by atoms with Crippen molar-refractivity contribution in [3.05, 3.63) is 5.82 Å². The molecule has 1 aromatic heterocycles. The lowest BCUT2D eigenvalue weighted by atomic mass is 10.3. The van der Waals surface area contributed by atoms with Crippen LogP contribution in [0.15, 0.2) is 10.3 Å². The standard InChI is InChI=1S/C8H10N4O3S/c1-4(13)7-9-10-8-12(7)11-5(3-16-8)2-6(14)15/h4,13H,2-3H2,1H3,(H,14,15). The van der Waals surface area contributed by atoms with Crippen molar-refractivity contribution >= 4 is 23.4 Å². The number of fused-ring (bicyclic) bond motifs is 1. The number of hydrogen-bond donors (Lipinski definition) is 2. The van der Waals surface area contributed by atoms with E-state index in [1.807, 2.05) is 0 Å². The zero-order valence-electron chi connectivity index (χ0n) is 8.49. The second kappa shape index (κ2) is 4.22. The Balaban J connectivity index is 2.33. The molecule has 1 unspecified atom stereocenters. The van der Waals surface area contributed by atoms with Crippen LogP contribution in [0.2, 0.25) is 0 Å². The Morgan fingerprint density at radius 3 is 3.00 bits per heavy atom. The Hall–Kier alpha value is -1.41. The van der Waals surface area contributed by atoms with Gasteiger partial charge in [-0.1, -0.05) is 11.8 Å². The van der Waals surface area contributed by atoms with E-state index in [-0.39, 0.29) is 6.42 Å². The van der Waals surface area contributed by atoms with Crippen LogP contribution < -0.4 is 0 Å². The lowest BCUT2D eigenvalue weighted by molar-refractivity contribution is -0.135. The molecule has 1 aromatic rings. The van der Waals surface area contributed by atoms with Crippen LogP contribution in [-0.2, 0) is 4.79 Å². The molecule has 0 amide bonds. The topological polar surface area (TPSA) is 101 Å². The summed E-state index contributed by atoms with van der Waals surface area (Å²) < 4.78 is 1.40. The van der Waals surface area contributed by atoms with Gasteiger partial charge in [-0.05, 0) is 6.92 Å². The second-order valence-electron chi connectivity index (χ2n) is 3.35. The lowest BCUT2D eigenvalue weighted by Crippen LogP contribution is -2.17. The van der Waals surface area contributed by atoms with Gasteiger partial charge in [-0.2, -0.15) is 9.78 Å². The predicted molar refractivity (Wildman–Crippen MR) is 56.5 cm³/mol. The third-order valence-electron chi connectivity index (χ3n) is 1.97. The molecule has 0 fully saturated rings. The summed E-state index contributed by atoms with van der Waals surface area (Å²) in [4.78, 5) is 10.6. The number of aromatic nitrogens is 3. The van der Waals surface area contributed by atoms with Gasteiger partial charge in [-0.3, -0.25) is 4.79 Å². The fourth-order valence-corrected chi connectivity index (χ4v) is 2.11. The van der Waals surface area contributed by atoms with E-state index in [9.17, 15) is 9.90 Å². The van der Waals surface area contributed by atoms with Gasteiger partial charge in [0.05, 0.1) is 12.1 Å². The molecule has 7 nitrogen and oxygen atoms in total. The average molecular weight is 242 g/mol. The van der Waals surface area contributed by atoms with Crippen LogP contribution >= 0.6 is 11.8 Å². The Morgan fingerprint density at radius 1 is 1.62 bits per heavy atom. The van der Waals surface area contributed by atoms with Crippen molar-refractivity contribution in [3.63, 3.8) is 0 Å². The Morgan fingerprint density at radius 2 is 2.38 bits per heavy atom. The van der Waals surface area contributed by atoms with Crippen molar-refractivity contribution in [1.29, 1.82) is 0 Å². The van der Waals surface area contributed by atoms with E-state index in [0.29, 0.717) is 22.4 Å². The molecule has 2 heterocycles. The van der Waals surface area contributed by atoms with Crippen LogP contribution in [0.1, 0.15) is 25.3 Å². The van der Waals surface area contributed by atoms with E-state index >= 15 is 0 Å². The van der Waals surface area contributed by atoms with Crippen molar-refractivity contribution in [1.82, 2.24) is 14.9 Å². The molecule has 2 N–H and O–H groups in total. The fourth-order valence-electron chi connectivity index (χ4n) is 1.30. The smallest absolute Gasteiger partial charge is 0.309 e. The highest BCUT2D eigenvalue weighted by Gasteiger charge is 2.21. The van der Waals surface area contributed by atoms with E-state index < -0.39 is 12.1 Å². The van der Waals surface area contributed by atoms with Gasteiger partial charge in [0.1, 0.15) is 6.10 Å². The summed E-state index contributed by atoms with van der Waals surface area (Å²) in [7, 11) is 0. The summed E-state index contributed by atoms with van der Waals surface area (Å²) in [5.74, 6) is -0.107. The number of rotatable bonds is 3. The minimum Gasteiger partial charge on any atom is -0.481 e. The summed E-state index contributed by atoms with van der Waals surface area (Å²) in [6.07, 6.45) is -0.890. The molecule has 0 aliphatic carbocycles. The summed E-state index contributed by atoms with van der Waals surface area (Å²) in [6, 6.07) is 0. The molecule has 0 saturated heterocycles. The number of carbonyl (C=O) groups is 1. The molecular weight excluding hydrogens is 232 g/mol. The number of carboxylic acid groups (broad SMARTS) is 1. The third-order valence-corrected chi connectivity index (χ3v) is 2.96. The highest BCUT2D eigenvalue weighted by Crippen LogP contribution is 2.24. The molecule has 0 radical (unpaired) electrons. The maximum atomic E-state index is 10.6. The first kappa shape index (κ1) is 11.1. The number of hydrogen-bond acceptors (Lipinski definition) is 6. The van der Waals surface area contributed by atoms with Crippen molar-refractivity contribution < 1.29 is 15.0 Å². The number of thioether (sulfide) groups is 1. The molecule has 0 spiro atoms. The lowest BCUT2D eigenvalue weighted by Gasteiger charge is -2.12. The summed E-state index contributed by atoms with van der Waals surface area (Å²) in [5, 5.41) is 30.4. The molecule has 16 heavy (non-hydrogen) atoms. The highest BCUT2D eigenvalue weighted by molar-refractivity contribution is 7.99. The molecule has 86 valence electrons. The molecular formula is C8H10N4O3S. The summed E-state index contributed by atoms with van der Waals surface area (Å²) in [6.45, 7) is 1.56. The quantitative estimate of drug-likeness (QED) is 0.780. The fraction of sp³-hybridized carbons (Fsp3) is 0.500. The largest absolute Gasteiger partial charge is 0.481 e. The SMILES string of the molecule is CC(O)c1nnc2n1N=C(CC(=O)O)CS2. The van der Waals surface area contributed by atoms with Gasteiger partial charge in [0.15, 0.2) is 5.82 Å². The molecule has 8 heteroatoms. The molecule has 1 aliphatic rings. The summed E-state index contributed by atoms with van der Waals surface area (Å²) >= 11 is 1.36. The molecule has 2 rings (SSSR count). The normalized spacial score (nSPS) is 16.5. The molecule has 0 bridgehead atoms. The van der Waals surface area contributed by atoms with Crippen LogP contribution in [0.4, 0.5) is 0 Å². The van der Waals surface area contributed by atoms with Crippen molar-refractivity contribution in [2.24, 2.45) is 5.10 Å². The zero-order valence-corrected chi connectivity index (χ0v) is 9.31. The number of aliphatic hydroxyl groups is 1. The number of carboxylic acids is 1. The van der Waals surface area contributed by atoms with Crippen LogP contribution in [0, 0.1) is 0 Å². The molecule has 0 saturated carbocycles. The highest BCUT2D eigenvalue weighted by atomic mass is 32.2. The minimum atomic E-state index is -0.922. The first-order valence-electron chi connectivity index (χ1n) is 4.62. The van der Waals surface area contributed by atoms with Crippen molar-refractivity contribution in [2.45, 2.75) is 24.6 Å². The van der Waals surface area contributed by atoms with Crippen LogP contribution in [0.3, 0.4) is 0 Å². The van der Waals surface area contributed by atoms with E-state index in [4.69, 9.17) is 5.11 Å². The van der Waals surface area contributed by atoms with Gasteiger partial charge in [-0.15, -0.1) is 10.2 Å². The van der Waals surface area contributed by atoms with E-state index in [0.717, 1.165) is 0 Å². The van der Waals surface area contributed by atoms with Gasteiger partial charge < -0.3 is 10.2 Å². The zero-order chi connectivity index (χ0) is 11.7. The van der Waals surface area contributed by atoms with Gasteiger partial charge in [0.25, 0.3) is 0 Å². The first-order chi connectivity index (χ1) is 7.58. The first-order valence-corrected chi connectivity index (χ1v) is 5.61. The van der Waals surface area contributed by atoms with E-state index in [1.165, 1.54) is 16.4 Å². The van der Waals surface area contributed by atoms with Gasteiger partial charge in [-0.25, -0.2) is 0 Å². The van der Waals surface area contributed by atoms with E-state index in [2.05, 4.69) is 15.3 Å². The predicted octanol–water partition coefficient (Wildman–Crippen LogP) is 0.116. The molecule has 1 aliphatic heterocycles. The Labute approximate surface area is 95.2 Å². The van der Waals surface area contributed by atoms with Crippen LogP contribution in [0.25, 0.3) is 0 Å². The number of aliphatic carboxylic acids is 1. The van der Waals surface area contributed by atoms with Crippen LogP contribution in [0.5, 0.6) is 0 Å². The Bertz CT molecular complexity index is 454. The van der Waals surface area contributed by atoms with Crippen LogP contribution in [-0.4, -0.2) is 42.5 Å². The van der Waals surface area contributed by atoms with Crippen molar-refractivity contribution in [2.75, 3.05) is 5.75 Å². The van der Waals surface area contributed by atoms with E-state index in [1.54, 1.807) is 6.92 Å². The second-order valence-corrected chi connectivity index (χ2v) is 4.30. The van der Waals surface area contributed by atoms with Gasteiger partial charge >= 0.3 is 5.97 Å². The van der Waals surface area contributed by atoms with Gasteiger partial charge in [0, 0.05) is 5.75 Å². The molecule has 0 aromatic carbocycles. The number of nitrogens with zero attached hydrogens (tertiary/aromatic N) is 4. The third kappa shape index (κ3) is 2.07. The average Bonchev–Trinajstić information content (AvgIpc) is 2.59. The van der Waals surface area contributed by atoms with Gasteiger partial charge in [0.2, 0.25) is 5.16 Å². The Kier molecular flexibility index (Phi) is 2.92. The minimum absolute atomic E-state index is 0.107. The van der Waals surface area contributed by atoms with Crippen molar-refractivity contribution in [3.8, 4) is 0 Å². The monoisotopic (exact) mass is 242 g/mol.